The molecule has 0 aromatic heterocycles. The first kappa shape index (κ1) is 22.7. The highest BCUT2D eigenvalue weighted by molar-refractivity contribution is 5.97. The van der Waals surface area contributed by atoms with E-state index in [-0.39, 0.29) is 18.1 Å². The van der Waals surface area contributed by atoms with Gasteiger partial charge in [0.25, 0.3) is 5.91 Å². The molecule has 0 radical (unpaired) electrons. The number of carbonyl (C=O) groups excluding carboxylic acids is 1. The number of ether oxygens (including phenoxy) is 1. The van der Waals surface area contributed by atoms with Gasteiger partial charge in [-0.15, -0.1) is 0 Å². The molecular weight excluding hydrogens is 418 g/mol. The predicted octanol–water partition coefficient (Wildman–Crippen LogP) is 3.81. The van der Waals surface area contributed by atoms with Crippen molar-refractivity contribution in [1.29, 1.82) is 0 Å². The number of hydrogen-bond acceptors (Lipinski definition) is 5. The molecule has 9 heteroatoms. The van der Waals surface area contributed by atoms with Gasteiger partial charge in [0, 0.05) is 24.9 Å². The summed E-state index contributed by atoms with van der Waals surface area (Å²) < 4.78 is 34.8. The van der Waals surface area contributed by atoms with Crippen molar-refractivity contribution in [3.8, 4) is 0 Å². The third-order valence-electron chi connectivity index (χ3n) is 4.74. The van der Waals surface area contributed by atoms with E-state index in [4.69, 9.17) is 15.7 Å². The van der Waals surface area contributed by atoms with Crippen LogP contribution in [0.3, 0.4) is 0 Å². The van der Waals surface area contributed by atoms with Crippen molar-refractivity contribution in [3.05, 3.63) is 95.1 Å². The minimum Gasteiger partial charge on any atom is -0.409 e. The van der Waals surface area contributed by atoms with Crippen LogP contribution < -0.4 is 16.4 Å². The van der Waals surface area contributed by atoms with Gasteiger partial charge in [0.1, 0.15) is 5.82 Å². The fraction of sp³-hybridized carbons (Fsp3) is 0.130. The molecule has 3 rings (SSSR count). The third-order valence-corrected chi connectivity index (χ3v) is 4.74. The molecule has 0 aliphatic carbocycles. The van der Waals surface area contributed by atoms with Crippen LogP contribution in [-0.4, -0.2) is 24.1 Å². The molecule has 1 amide bonds. The molecule has 5 N–H and O–H groups in total. The minimum absolute atomic E-state index is 0.0150. The number of amides is 1. The van der Waals surface area contributed by atoms with E-state index in [1.54, 1.807) is 48.5 Å². The molecule has 32 heavy (non-hydrogen) atoms. The number of para-hydroxylation sites is 1. The number of nitrogens with two attached hydrogens (primary N) is 1. The van der Waals surface area contributed by atoms with Gasteiger partial charge >= 0.3 is 0 Å². The van der Waals surface area contributed by atoms with Crippen molar-refractivity contribution >= 4 is 23.1 Å². The molecule has 0 aliphatic rings. The van der Waals surface area contributed by atoms with Crippen LogP contribution in [0.1, 0.15) is 22.8 Å². The summed E-state index contributed by atoms with van der Waals surface area (Å²) in [5.74, 6) is -2.57. The number of hydrogen-bond donors (Lipinski definition) is 4. The number of methoxy groups -OCH3 is 1. The zero-order valence-corrected chi connectivity index (χ0v) is 17.2. The van der Waals surface area contributed by atoms with Crippen LogP contribution in [0.2, 0.25) is 0 Å². The summed E-state index contributed by atoms with van der Waals surface area (Å²) in [4.78, 5) is 12.7. The number of nitrogens with one attached hydrogen (secondary N) is 2. The first-order chi connectivity index (χ1) is 15.4. The highest BCUT2D eigenvalue weighted by atomic mass is 19.1. The van der Waals surface area contributed by atoms with Gasteiger partial charge in [0.05, 0.1) is 11.3 Å². The molecule has 0 bridgehead atoms. The maximum Gasteiger partial charge on any atom is 0.254 e. The second-order valence-electron chi connectivity index (χ2n) is 6.83. The lowest BCUT2D eigenvalue weighted by Crippen LogP contribution is -2.31. The molecule has 0 aliphatic heterocycles. The predicted molar refractivity (Wildman–Crippen MR) is 117 cm³/mol. The van der Waals surface area contributed by atoms with Crippen LogP contribution in [0.25, 0.3) is 0 Å². The number of oxime groups is 1. The van der Waals surface area contributed by atoms with Gasteiger partial charge in [-0.25, -0.2) is 8.78 Å². The molecule has 0 saturated heterocycles. The summed E-state index contributed by atoms with van der Waals surface area (Å²) in [6.45, 7) is 0.0837. The molecule has 0 heterocycles. The summed E-state index contributed by atoms with van der Waals surface area (Å²) in [7, 11) is 1.20. The average Bonchev–Trinajstić information content (AvgIpc) is 2.82. The van der Waals surface area contributed by atoms with E-state index < -0.39 is 29.2 Å². The molecule has 0 saturated carbocycles. The standard InChI is InChI=1S/C23H22F2N4O3/c1-32-21(23(30)27-13-14-7-9-15(10-8-14)22(26)29-31)19-17(24)11-12-18(20(19)25)28-16-5-3-2-4-6-16/h2-12,21,28,31H,13H2,1H3,(H2,26,29)(H,27,30). The Morgan fingerprint density at radius 2 is 1.78 bits per heavy atom. The van der Waals surface area contributed by atoms with Crippen LogP contribution in [-0.2, 0) is 16.1 Å². The number of anilines is 2. The summed E-state index contributed by atoms with van der Waals surface area (Å²) in [6.07, 6.45) is -1.50. The van der Waals surface area contributed by atoms with E-state index in [2.05, 4.69) is 15.8 Å². The van der Waals surface area contributed by atoms with Gasteiger partial charge in [0.15, 0.2) is 17.8 Å². The van der Waals surface area contributed by atoms with E-state index in [0.717, 1.165) is 6.07 Å². The second-order valence-corrected chi connectivity index (χ2v) is 6.83. The highest BCUT2D eigenvalue weighted by Crippen LogP contribution is 2.30. The second kappa shape index (κ2) is 10.4. The largest absolute Gasteiger partial charge is 0.409 e. The molecule has 1 atom stereocenters. The zero-order valence-electron chi connectivity index (χ0n) is 17.2. The van der Waals surface area contributed by atoms with Crippen LogP contribution in [0.15, 0.2) is 71.9 Å². The first-order valence-electron chi connectivity index (χ1n) is 9.62. The van der Waals surface area contributed by atoms with Crippen LogP contribution in [0, 0.1) is 11.6 Å². The van der Waals surface area contributed by atoms with Gasteiger partial charge in [-0.1, -0.05) is 47.6 Å². The van der Waals surface area contributed by atoms with Crippen molar-refractivity contribution in [2.24, 2.45) is 10.9 Å². The highest BCUT2D eigenvalue weighted by Gasteiger charge is 2.28. The van der Waals surface area contributed by atoms with E-state index in [1.165, 1.54) is 13.2 Å². The number of benzene rings is 3. The lowest BCUT2D eigenvalue weighted by molar-refractivity contribution is -0.131. The average molecular weight is 440 g/mol. The molecule has 7 nitrogen and oxygen atoms in total. The quantitative estimate of drug-likeness (QED) is 0.184. The molecule has 0 fully saturated rings. The Hall–Kier alpha value is -3.98. The van der Waals surface area contributed by atoms with Gasteiger partial charge in [-0.05, 0) is 29.8 Å². The Labute approximate surface area is 183 Å². The summed E-state index contributed by atoms with van der Waals surface area (Å²) >= 11 is 0. The fourth-order valence-electron chi connectivity index (χ4n) is 3.07. The van der Waals surface area contributed by atoms with E-state index in [9.17, 15) is 9.18 Å². The van der Waals surface area contributed by atoms with Gasteiger partial charge in [0.2, 0.25) is 0 Å². The Balaban J connectivity index is 1.76. The number of halogens is 2. The third kappa shape index (κ3) is 5.19. The Kier molecular flexibility index (Phi) is 7.35. The van der Waals surface area contributed by atoms with Gasteiger partial charge in [-0.2, -0.15) is 0 Å². The van der Waals surface area contributed by atoms with E-state index in [0.29, 0.717) is 16.8 Å². The smallest absolute Gasteiger partial charge is 0.254 e. The Bertz CT molecular complexity index is 1110. The van der Waals surface area contributed by atoms with E-state index >= 15 is 4.39 Å². The monoisotopic (exact) mass is 440 g/mol. The van der Waals surface area contributed by atoms with Crippen molar-refractivity contribution < 1.29 is 23.5 Å². The SMILES string of the molecule is COC(C(=O)NCc1ccc(/C(N)=N/O)cc1)c1c(F)ccc(Nc2ccccc2)c1F. The minimum atomic E-state index is -1.50. The topological polar surface area (TPSA) is 109 Å². The zero-order chi connectivity index (χ0) is 23.1. The molecule has 166 valence electrons. The number of carbonyl (C=O) groups is 1. The van der Waals surface area contributed by atoms with Crippen molar-refractivity contribution in [1.82, 2.24) is 5.32 Å². The van der Waals surface area contributed by atoms with Crippen LogP contribution >= 0.6 is 0 Å². The normalized spacial score (nSPS) is 12.3. The van der Waals surface area contributed by atoms with Crippen LogP contribution in [0.4, 0.5) is 20.2 Å². The number of rotatable bonds is 8. The van der Waals surface area contributed by atoms with Crippen molar-refractivity contribution in [2.75, 3.05) is 12.4 Å². The summed E-state index contributed by atoms with van der Waals surface area (Å²) in [6, 6.07) is 17.7. The Morgan fingerprint density at radius 3 is 2.41 bits per heavy atom. The maximum absolute atomic E-state index is 15.1. The lowest BCUT2D eigenvalue weighted by Gasteiger charge is -2.19. The molecule has 0 spiro atoms. The van der Waals surface area contributed by atoms with Crippen molar-refractivity contribution in [2.45, 2.75) is 12.6 Å². The summed E-state index contributed by atoms with van der Waals surface area (Å²) in [5, 5.41) is 17.1. The first-order valence-corrected chi connectivity index (χ1v) is 9.62. The molecule has 1 unspecified atom stereocenters. The van der Waals surface area contributed by atoms with Crippen LogP contribution in [0.5, 0.6) is 0 Å². The molecular formula is C23H22F2N4O3. The van der Waals surface area contributed by atoms with Crippen molar-refractivity contribution in [3.63, 3.8) is 0 Å². The number of nitrogens with zero attached hydrogens (tertiary/aromatic N) is 1. The molecule has 3 aromatic rings. The lowest BCUT2D eigenvalue weighted by atomic mass is 10.0. The fourth-order valence-corrected chi connectivity index (χ4v) is 3.07. The van der Waals surface area contributed by atoms with Gasteiger partial charge < -0.3 is 26.3 Å². The molecule has 3 aromatic carbocycles. The van der Waals surface area contributed by atoms with Gasteiger partial charge in [-0.3, -0.25) is 4.79 Å². The summed E-state index contributed by atoms with van der Waals surface area (Å²) in [5.41, 5.74) is 6.85. The van der Waals surface area contributed by atoms with E-state index in [1.807, 2.05) is 6.07 Å². The number of amidine groups is 1. The maximum atomic E-state index is 15.1. The Morgan fingerprint density at radius 1 is 1.09 bits per heavy atom.